The van der Waals surface area contributed by atoms with Gasteiger partial charge >= 0.3 is 0 Å². The molecule has 2 heterocycles. The molecule has 0 amide bonds. The second kappa shape index (κ2) is 4.24. The van der Waals surface area contributed by atoms with E-state index in [1.54, 1.807) is 0 Å². The largest absolute Gasteiger partial charge is 0.508 e. The SMILES string of the molecule is CC1(c2noc(-c3cc(O)ccc3O)n2)CCCO1. The van der Waals surface area contributed by atoms with Crippen molar-refractivity contribution in [3.05, 3.63) is 24.0 Å². The van der Waals surface area contributed by atoms with Gasteiger partial charge < -0.3 is 19.5 Å². The maximum absolute atomic E-state index is 9.76. The van der Waals surface area contributed by atoms with Gasteiger partial charge in [0.1, 0.15) is 17.1 Å². The molecule has 1 fully saturated rings. The van der Waals surface area contributed by atoms with Crippen LogP contribution in [-0.2, 0) is 10.3 Å². The van der Waals surface area contributed by atoms with Crippen molar-refractivity contribution in [2.24, 2.45) is 0 Å². The first-order valence-corrected chi connectivity index (χ1v) is 6.09. The van der Waals surface area contributed by atoms with E-state index in [4.69, 9.17) is 9.26 Å². The molecule has 1 aliphatic heterocycles. The van der Waals surface area contributed by atoms with Gasteiger partial charge in [0.15, 0.2) is 0 Å². The predicted molar refractivity (Wildman–Crippen MR) is 65.6 cm³/mol. The Balaban J connectivity index is 1.99. The van der Waals surface area contributed by atoms with Crippen molar-refractivity contribution < 1.29 is 19.5 Å². The van der Waals surface area contributed by atoms with Gasteiger partial charge in [0.05, 0.1) is 5.56 Å². The van der Waals surface area contributed by atoms with E-state index in [2.05, 4.69) is 10.1 Å². The summed E-state index contributed by atoms with van der Waals surface area (Å²) >= 11 is 0. The Bertz CT molecular complexity index is 602. The Morgan fingerprint density at radius 1 is 1.32 bits per heavy atom. The second-order valence-corrected chi connectivity index (χ2v) is 4.81. The second-order valence-electron chi connectivity index (χ2n) is 4.81. The van der Waals surface area contributed by atoms with Crippen molar-refractivity contribution in [1.29, 1.82) is 0 Å². The molecule has 100 valence electrons. The van der Waals surface area contributed by atoms with Crippen molar-refractivity contribution >= 4 is 0 Å². The molecule has 19 heavy (non-hydrogen) atoms. The van der Waals surface area contributed by atoms with E-state index in [-0.39, 0.29) is 17.4 Å². The Hall–Kier alpha value is -2.08. The summed E-state index contributed by atoms with van der Waals surface area (Å²) in [4.78, 5) is 4.26. The highest BCUT2D eigenvalue weighted by Gasteiger charge is 2.36. The fourth-order valence-electron chi connectivity index (χ4n) is 2.20. The Labute approximate surface area is 109 Å². The zero-order chi connectivity index (χ0) is 13.5. The van der Waals surface area contributed by atoms with Crippen LogP contribution in [0.3, 0.4) is 0 Å². The van der Waals surface area contributed by atoms with Crippen molar-refractivity contribution in [2.75, 3.05) is 6.61 Å². The van der Waals surface area contributed by atoms with Crippen molar-refractivity contribution in [2.45, 2.75) is 25.4 Å². The molecule has 0 spiro atoms. The summed E-state index contributed by atoms with van der Waals surface area (Å²) in [6, 6.07) is 4.14. The molecule has 1 aromatic carbocycles. The number of hydrogen-bond donors (Lipinski definition) is 2. The van der Waals surface area contributed by atoms with E-state index in [0.717, 1.165) is 12.8 Å². The Morgan fingerprint density at radius 2 is 2.16 bits per heavy atom. The van der Waals surface area contributed by atoms with Gasteiger partial charge in [0, 0.05) is 6.61 Å². The van der Waals surface area contributed by atoms with Crippen molar-refractivity contribution in [3.63, 3.8) is 0 Å². The first-order chi connectivity index (χ1) is 9.08. The van der Waals surface area contributed by atoms with Crippen LogP contribution in [0, 0.1) is 0 Å². The highest BCUT2D eigenvalue weighted by molar-refractivity contribution is 5.64. The molecule has 1 atom stereocenters. The number of aromatic nitrogens is 2. The van der Waals surface area contributed by atoms with Crippen LogP contribution in [0.1, 0.15) is 25.6 Å². The molecular formula is C13H14N2O4. The van der Waals surface area contributed by atoms with Gasteiger partial charge in [-0.1, -0.05) is 5.16 Å². The highest BCUT2D eigenvalue weighted by Crippen LogP contribution is 2.36. The summed E-state index contributed by atoms with van der Waals surface area (Å²) < 4.78 is 10.8. The van der Waals surface area contributed by atoms with Crippen LogP contribution >= 0.6 is 0 Å². The molecule has 0 saturated carbocycles. The topological polar surface area (TPSA) is 88.6 Å². The maximum Gasteiger partial charge on any atom is 0.261 e. The molecular weight excluding hydrogens is 248 g/mol. The molecule has 1 aromatic heterocycles. The van der Waals surface area contributed by atoms with Crippen LogP contribution in [-0.4, -0.2) is 27.0 Å². The number of ether oxygens (including phenoxy) is 1. The number of hydrogen-bond acceptors (Lipinski definition) is 6. The number of benzene rings is 1. The standard InChI is InChI=1S/C13H14N2O4/c1-13(5-2-6-18-13)12-14-11(19-15-12)9-7-8(16)3-4-10(9)17/h3-4,7,16-17H,2,5-6H2,1H3. The highest BCUT2D eigenvalue weighted by atomic mass is 16.5. The molecule has 0 radical (unpaired) electrons. The first kappa shape index (κ1) is 12.0. The third-order valence-electron chi connectivity index (χ3n) is 3.33. The Kier molecular flexibility index (Phi) is 2.67. The monoisotopic (exact) mass is 262 g/mol. The van der Waals surface area contributed by atoms with Gasteiger partial charge in [-0.3, -0.25) is 0 Å². The fourth-order valence-corrected chi connectivity index (χ4v) is 2.20. The van der Waals surface area contributed by atoms with Crippen LogP contribution < -0.4 is 0 Å². The third kappa shape index (κ3) is 2.04. The number of phenols is 2. The van der Waals surface area contributed by atoms with Crippen LogP contribution in [0.2, 0.25) is 0 Å². The van der Waals surface area contributed by atoms with Gasteiger partial charge in [-0.05, 0) is 38.0 Å². The molecule has 6 heteroatoms. The third-order valence-corrected chi connectivity index (χ3v) is 3.33. The zero-order valence-corrected chi connectivity index (χ0v) is 10.5. The van der Waals surface area contributed by atoms with Crippen LogP contribution in [0.4, 0.5) is 0 Å². The fraction of sp³-hybridized carbons (Fsp3) is 0.385. The zero-order valence-electron chi connectivity index (χ0n) is 10.5. The summed E-state index contributed by atoms with van der Waals surface area (Å²) in [5.41, 5.74) is -0.228. The minimum atomic E-state index is -0.534. The number of nitrogens with zero attached hydrogens (tertiary/aromatic N) is 2. The van der Waals surface area contributed by atoms with Gasteiger partial charge in [0.2, 0.25) is 5.82 Å². The smallest absolute Gasteiger partial charge is 0.261 e. The van der Waals surface area contributed by atoms with Crippen LogP contribution in [0.5, 0.6) is 11.5 Å². The summed E-state index contributed by atoms with van der Waals surface area (Å²) in [5, 5.41) is 23.1. The van der Waals surface area contributed by atoms with E-state index >= 15 is 0 Å². The lowest BCUT2D eigenvalue weighted by atomic mass is 10.0. The first-order valence-electron chi connectivity index (χ1n) is 6.09. The van der Waals surface area contributed by atoms with E-state index in [0.29, 0.717) is 18.0 Å². The molecule has 6 nitrogen and oxygen atoms in total. The molecule has 0 bridgehead atoms. The van der Waals surface area contributed by atoms with Gasteiger partial charge in [-0.25, -0.2) is 0 Å². The van der Waals surface area contributed by atoms with Gasteiger partial charge in [-0.2, -0.15) is 4.98 Å². The maximum atomic E-state index is 9.76. The summed E-state index contributed by atoms with van der Waals surface area (Å²) in [5.74, 6) is 0.629. The summed E-state index contributed by atoms with van der Waals surface area (Å²) in [6.45, 7) is 2.59. The van der Waals surface area contributed by atoms with E-state index < -0.39 is 5.60 Å². The van der Waals surface area contributed by atoms with Crippen LogP contribution in [0.15, 0.2) is 22.7 Å². The molecule has 1 aliphatic rings. The number of phenolic OH excluding ortho intramolecular Hbond substituents is 2. The van der Waals surface area contributed by atoms with E-state index in [1.165, 1.54) is 18.2 Å². The summed E-state index contributed by atoms with van der Waals surface area (Å²) in [6.07, 6.45) is 1.79. The quantitative estimate of drug-likeness (QED) is 0.806. The minimum Gasteiger partial charge on any atom is -0.508 e. The molecule has 1 saturated heterocycles. The Morgan fingerprint density at radius 3 is 2.89 bits per heavy atom. The predicted octanol–water partition coefficient (Wildman–Crippen LogP) is 2.17. The molecule has 1 unspecified atom stereocenters. The van der Waals surface area contributed by atoms with Crippen molar-refractivity contribution in [1.82, 2.24) is 10.1 Å². The van der Waals surface area contributed by atoms with E-state index in [9.17, 15) is 10.2 Å². The van der Waals surface area contributed by atoms with E-state index in [1.807, 2.05) is 6.92 Å². The van der Waals surface area contributed by atoms with Gasteiger partial charge in [0.25, 0.3) is 5.89 Å². The molecule has 2 N–H and O–H groups in total. The van der Waals surface area contributed by atoms with Crippen LogP contribution in [0.25, 0.3) is 11.5 Å². The minimum absolute atomic E-state index is 0.0227. The number of aromatic hydroxyl groups is 2. The average molecular weight is 262 g/mol. The average Bonchev–Trinajstić information content (AvgIpc) is 3.02. The lowest BCUT2D eigenvalue weighted by molar-refractivity contribution is 0.00768. The van der Waals surface area contributed by atoms with Gasteiger partial charge in [-0.15, -0.1) is 0 Å². The lowest BCUT2D eigenvalue weighted by Gasteiger charge is -2.17. The summed E-state index contributed by atoms with van der Waals surface area (Å²) in [7, 11) is 0. The molecule has 0 aliphatic carbocycles. The molecule has 2 aromatic rings. The van der Waals surface area contributed by atoms with Crippen molar-refractivity contribution in [3.8, 4) is 23.0 Å². The lowest BCUT2D eigenvalue weighted by Crippen LogP contribution is -2.21. The number of rotatable bonds is 2. The molecule has 3 rings (SSSR count). The normalized spacial score (nSPS) is 22.8.